The summed E-state index contributed by atoms with van der Waals surface area (Å²) in [6.07, 6.45) is 0. The van der Waals surface area contributed by atoms with Crippen molar-refractivity contribution >= 4 is 15.9 Å². The first-order chi connectivity index (χ1) is 8.04. The van der Waals surface area contributed by atoms with Crippen LogP contribution in [0.4, 0.5) is 0 Å². The van der Waals surface area contributed by atoms with Crippen molar-refractivity contribution in [2.75, 3.05) is 34.3 Å². The van der Waals surface area contributed by atoms with Gasteiger partial charge in [0.15, 0.2) is 0 Å². The van der Waals surface area contributed by atoms with Gasteiger partial charge in [0.25, 0.3) is 0 Å². The summed E-state index contributed by atoms with van der Waals surface area (Å²) >= 11 is 3.58. The molecular formula is C13H21BrN2O. The Morgan fingerprint density at radius 2 is 2.12 bits per heavy atom. The molecule has 1 aromatic carbocycles. The predicted octanol–water partition coefficient (Wildman–Crippen LogP) is 2.67. The third kappa shape index (κ3) is 4.66. The number of hydrogen-bond acceptors (Lipinski definition) is 3. The summed E-state index contributed by atoms with van der Waals surface area (Å²) in [7, 11) is 6.03. The molecule has 96 valence electrons. The Morgan fingerprint density at radius 1 is 1.41 bits per heavy atom. The summed E-state index contributed by atoms with van der Waals surface area (Å²) in [5, 5.41) is 3.22. The monoisotopic (exact) mass is 300 g/mol. The van der Waals surface area contributed by atoms with E-state index in [0.717, 1.165) is 16.8 Å². The molecule has 0 saturated carbocycles. The fraction of sp³-hybridized carbons (Fsp3) is 0.538. The first-order valence-electron chi connectivity index (χ1n) is 5.79. The van der Waals surface area contributed by atoms with Crippen LogP contribution in [0, 0.1) is 0 Å². The molecule has 0 radical (unpaired) electrons. The van der Waals surface area contributed by atoms with Gasteiger partial charge in [-0.05, 0) is 45.8 Å². The van der Waals surface area contributed by atoms with Gasteiger partial charge in [-0.1, -0.05) is 22.0 Å². The maximum Gasteiger partial charge on any atom is 0.120 e. The first-order valence-corrected chi connectivity index (χ1v) is 6.58. The summed E-state index contributed by atoms with van der Waals surface area (Å²) in [4.78, 5) is 2.10. The molecule has 0 saturated heterocycles. The average molecular weight is 301 g/mol. The normalized spacial score (nSPS) is 12.8. The lowest BCUT2D eigenvalue weighted by Crippen LogP contribution is -2.19. The Hall–Kier alpha value is -0.580. The number of nitrogens with one attached hydrogen (secondary N) is 1. The third-order valence-corrected chi connectivity index (χ3v) is 3.37. The Kier molecular flexibility index (Phi) is 5.95. The van der Waals surface area contributed by atoms with Gasteiger partial charge in [0.1, 0.15) is 12.4 Å². The maximum atomic E-state index is 5.67. The van der Waals surface area contributed by atoms with Crippen LogP contribution in [0.1, 0.15) is 18.5 Å². The number of halogens is 1. The molecule has 0 aliphatic rings. The van der Waals surface area contributed by atoms with Crippen molar-refractivity contribution < 1.29 is 4.74 Å². The number of benzene rings is 1. The maximum absolute atomic E-state index is 5.67. The van der Waals surface area contributed by atoms with Crippen molar-refractivity contribution in [2.45, 2.75) is 13.0 Å². The van der Waals surface area contributed by atoms with E-state index in [4.69, 9.17) is 4.74 Å². The molecule has 4 heteroatoms. The van der Waals surface area contributed by atoms with Crippen molar-refractivity contribution in [1.82, 2.24) is 10.2 Å². The second kappa shape index (κ2) is 6.99. The lowest BCUT2D eigenvalue weighted by molar-refractivity contribution is 0.261. The molecule has 1 aromatic rings. The number of rotatable bonds is 6. The zero-order chi connectivity index (χ0) is 12.8. The van der Waals surface area contributed by atoms with Crippen LogP contribution in [0.25, 0.3) is 0 Å². The molecule has 17 heavy (non-hydrogen) atoms. The molecule has 0 spiro atoms. The van der Waals surface area contributed by atoms with E-state index in [1.807, 2.05) is 33.3 Å². The van der Waals surface area contributed by atoms with Crippen LogP contribution in [-0.4, -0.2) is 39.2 Å². The van der Waals surface area contributed by atoms with Crippen molar-refractivity contribution in [3.63, 3.8) is 0 Å². The second-order valence-electron chi connectivity index (χ2n) is 4.35. The van der Waals surface area contributed by atoms with Crippen molar-refractivity contribution in [2.24, 2.45) is 0 Å². The molecule has 0 aliphatic heterocycles. The van der Waals surface area contributed by atoms with Crippen LogP contribution < -0.4 is 10.1 Å². The second-order valence-corrected chi connectivity index (χ2v) is 5.20. The third-order valence-electron chi connectivity index (χ3n) is 2.68. The first kappa shape index (κ1) is 14.5. The fourth-order valence-corrected chi connectivity index (χ4v) is 2.15. The number of ether oxygens (including phenoxy) is 1. The van der Waals surface area contributed by atoms with Gasteiger partial charge in [-0.25, -0.2) is 0 Å². The molecule has 0 amide bonds. The van der Waals surface area contributed by atoms with Crippen LogP contribution in [0.2, 0.25) is 0 Å². The average Bonchev–Trinajstić information content (AvgIpc) is 2.28. The highest BCUT2D eigenvalue weighted by Gasteiger charge is 2.08. The minimum atomic E-state index is 0.334. The van der Waals surface area contributed by atoms with E-state index in [9.17, 15) is 0 Å². The lowest BCUT2D eigenvalue weighted by Gasteiger charge is -2.15. The van der Waals surface area contributed by atoms with Gasteiger partial charge >= 0.3 is 0 Å². The molecule has 1 atom stereocenters. The van der Waals surface area contributed by atoms with Crippen LogP contribution in [-0.2, 0) is 0 Å². The molecule has 1 N–H and O–H groups in total. The Labute approximate surface area is 112 Å². The molecular weight excluding hydrogens is 280 g/mol. The van der Waals surface area contributed by atoms with E-state index in [0.29, 0.717) is 12.6 Å². The SMILES string of the molecule is CNC(C)c1ccc(OCCN(C)C)cc1Br. The highest BCUT2D eigenvalue weighted by atomic mass is 79.9. The quantitative estimate of drug-likeness (QED) is 0.874. The van der Waals surface area contributed by atoms with E-state index in [2.05, 4.69) is 39.1 Å². The standard InChI is InChI=1S/C13H21BrN2O/c1-10(15-2)12-6-5-11(9-13(12)14)17-8-7-16(3)4/h5-6,9-10,15H,7-8H2,1-4H3. The van der Waals surface area contributed by atoms with Crippen LogP contribution in [0.15, 0.2) is 22.7 Å². The van der Waals surface area contributed by atoms with E-state index in [-0.39, 0.29) is 0 Å². The summed E-state index contributed by atoms with van der Waals surface area (Å²) in [5.74, 6) is 0.908. The molecule has 3 nitrogen and oxygen atoms in total. The molecule has 0 fully saturated rings. The van der Waals surface area contributed by atoms with Gasteiger partial charge in [0.05, 0.1) is 0 Å². The number of hydrogen-bond donors (Lipinski definition) is 1. The molecule has 1 rings (SSSR count). The van der Waals surface area contributed by atoms with E-state index < -0.39 is 0 Å². The summed E-state index contributed by atoms with van der Waals surface area (Å²) in [6, 6.07) is 6.47. The van der Waals surface area contributed by atoms with Crippen LogP contribution in [0.3, 0.4) is 0 Å². The van der Waals surface area contributed by atoms with Gasteiger partial charge in [0, 0.05) is 17.1 Å². The largest absolute Gasteiger partial charge is 0.492 e. The predicted molar refractivity (Wildman–Crippen MR) is 75.7 cm³/mol. The van der Waals surface area contributed by atoms with Gasteiger partial charge in [-0.15, -0.1) is 0 Å². The molecule has 0 aliphatic carbocycles. The topological polar surface area (TPSA) is 24.5 Å². The highest BCUT2D eigenvalue weighted by Crippen LogP contribution is 2.27. The number of nitrogens with zero attached hydrogens (tertiary/aromatic N) is 1. The van der Waals surface area contributed by atoms with Crippen molar-refractivity contribution in [3.8, 4) is 5.75 Å². The fourth-order valence-electron chi connectivity index (χ4n) is 1.45. The minimum Gasteiger partial charge on any atom is -0.492 e. The van der Waals surface area contributed by atoms with Crippen molar-refractivity contribution in [1.29, 1.82) is 0 Å². The molecule has 0 aromatic heterocycles. The Balaban J connectivity index is 2.62. The smallest absolute Gasteiger partial charge is 0.120 e. The lowest BCUT2D eigenvalue weighted by atomic mass is 10.1. The highest BCUT2D eigenvalue weighted by molar-refractivity contribution is 9.10. The molecule has 0 heterocycles. The van der Waals surface area contributed by atoms with E-state index in [1.165, 1.54) is 5.56 Å². The van der Waals surface area contributed by atoms with Gasteiger partial charge < -0.3 is 15.0 Å². The zero-order valence-electron chi connectivity index (χ0n) is 11.0. The Bertz CT molecular complexity index is 355. The van der Waals surface area contributed by atoms with E-state index in [1.54, 1.807) is 0 Å². The minimum absolute atomic E-state index is 0.334. The molecule has 1 unspecified atom stereocenters. The molecule has 0 bridgehead atoms. The van der Waals surface area contributed by atoms with Gasteiger partial charge in [-0.2, -0.15) is 0 Å². The summed E-state index contributed by atoms with van der Waals surface area (Å²) < 4.78 is 6.76. The summed E-state index contributed by atoms with van der Waals surface area (Å²) in [5.41, 5.74) is 1.24. The van der Waals surface area contributed by atoms with Crippen LogP contribution in [0.5, 0.6) is 5.75 Å². The van der Waals surface area contributed by atoms with Gasteiger partial charge in [-0.3, -0.25) is 0 Å². The summed E-state index contributed by atoms with van der Waals surface area (Å²) in [6.45, 7) is 3.76. The Morgan fingerprint density at radius 3 is 2.65 bits per heavy atom. The zero-order valence-corrected chi connectivity index (χ0v) is 12.5. The van der Waals surface area contributed by atoms with Crippen molar-refractivity contribution in [3.05, 3.63) is 28.2 Å². The number of likely N-dealkylation sites (N-methyl/N-ethyl adjacent to an activating group) is 1. The van der Waals surface area contributed by atoms with Crippen LogP contribution >= 0.6 is 15.9 Å². The van der Waals surface area contributed by atoms with E-state index >= 15 is 0 Å². The van der Waals surface area contributed by atoms with Gasteiger partial charge in [0.2, 0.25) is 0 Å².